The summed E-state index contributed by atoms with van der Waals surface area (Å²) in [5.41, 5.74) is 2.31. The predicted octanol–water partition coefficient (Wildman–Crippen LogP) is 3.93. The molecule has 3 nitrogen and oxygen atoms in total. The number of aryl methyl sites for hydroxylation is 1. The van der Waals surface area contributed by atoms with Gasteiger partial charge in [-0.15, -0.1) is 0 Å². The van der Waals surface area contributed by atoms with Crippen LogP contribution in [-0.4, -0.2) is 18.2 Å². The van der Waals surface area contributed by atoms with Crippen LogP contribution in [0.2, 0.25) is 0 Å². The van der Waals surface area contributed by atoms with Gasteiger partial charge in [0.05, 0.1) is 6.61 Å². The van der Waals surface area contributed by atoms with Crippen LogP contribution in [0.1, 0.15) is 40.7 Å². The summed E-state index contributed by atoms with van der Waals surface area (Å²) in [6.45, 7) is 0.717. The van der Waals surface area contributed by atoms with E-state index in [2.05, 4.69) is 0 Å². The van der Waals surface area contributed by atoms with Crippen molar-refractivity contribution in [3.8, 4) is 5.75 Å². The number of benzene rings is 2. The second-order valence-electron chi connectivity index (χ2n) is 6.04. The molecule has 2 aromatic rings. The Hall–Kier alpha value is -2.49. The number of fused-ring (bicyclic) bond motifs is 1. The molecule has 1 aliphatic heterocycles. The van der Waals surface area contributed by atoms with E-state index in [1.54, 1.807) is 18.2 Å². The van der Waals surface area contributed by atoms with Crippen LogP contribution < -0.4 is 4.74 Å². The van der Waals surface area contributed by atoms with Crippen LogP contribution in [0.5, 0.6) is 5.75 Å². The number of rotatable bonds is 6. The van der Waals surface area contributed by atoms with Gasteiger partial charge in [0, 0.05) is 24.8 Å². The molecule has 0 bridgehead atoms. The highest BCUT2D eigenvalue weighted by Crippen LogP contribution is 2.26. The van der Waals surface area contributed by atoms with Gasteiger partial charge in [0.25, 0.3) is 0 Å². The Bertz CT molecular complexity index is 767. The van der Waals surface area contributed by atoms with Gasteiger partial charge in [-0.3, -0.25) is 9.59 Å². The maximum Gasteiger partial charge on any atom is 0.163 e. The van der Waals surface area contributed by atoms with Gasteiger partial charge in [-0.05, 0) is 54.3 Å². The van der Waals surface area contributed by atoms with E-state index in [-0.39, 0.29) is 36.6 Å². The normalized spacial score (nSPS) is 13.0. The summed E-state index contributed by atoms with van der Waals surface area (Å²) in [6, 6.07) is 11.4. The smallest absolute Gasteiger partial charge is 0.163 e. The number of Topliss-reactive ketones (excluding diaryl/α,β-unsaturated/α-hetero) is 2. The minimum atomic E-state index is -0.354. The van der Waals surface area contributed by atoms with Crippen LogP contribution in [0.4, 0.5) is 4.39 Å². The van der Waals surface area contributed by atoms with Crippen LogP contribution in [-0.2, 0) is 17.6 Å². The molecule has 0 unspecified atom stereocenters. The van der Waals surface area contributed by atoms with Crippen molar-refractivity contribution in [2.75, 3.05) is 6.61 Å². The minimum Gasteiger partial charge on any atom is -0.493 e. The van der Waals surface area contributed by atoms with E-state index in [1.165, 1.54) is 12.1 Å². The first-order chi connectivity index (χ1) is 11.6. The highest BCUT2D eigenvalue weighted by Gasteiger charge is 2.15. The average molecular weight is 326 g/mol. The van der Waals surface area contributed by atoms with Crippen molar-refractivity contribution in [2.45, 2.75) is 32.1 Å². The molecule has 124 valence electrons. The molecule has 24 heavy (non-hydrogen) atoms. The van der Waals surface area contributed by atoms with E-state index in [0.717, 1.165) is 30.8 Å². The Balaban J connectivity index is 1.56. The zero-order valence-electron chi connectivity index (χ0n) is 13.4. The summed E-state index contributed by atoms with van der Waals surface area (Å²) in [5.74, 6) is 0.388. The van der Waals surface area contributed by atoms with Gasteiger partial charge in [-0.25, -0.2) is 4.39 Å². The molecule has 3 rings (SSSR count). The third-order valence-electron chi connectivity index (χ3n) is 4.15. The van der Waals surface area contributed by atoms with E-state index >= 15 is 0 Å². The van der Waals surface area contributed by atoms with Crippen molar-refractivity contribution in [3.63, 3.8) is 0 Å². The largest absolute Gasteiger partial charge is 0.493 e. The highest BCUT2D eigenvalue weighted by atomic mass is 19.1. The first-order valence-corrected chi connectivity index (χ1v) is 8.17. The third-order valence-corrected chi connectivity index (χ3v) is 4.15. The minimum absolute atomic E-state index is 0.0454. The number of carbonyl (C=O) groups is 2. The summed E-state index contributed by atoms with van der Waals surface area (Å²) in [5, 5.41) is 0. The lowest BCUT2D eigenvalue weighted by molar-refractivity contribution is -0.118. The Morgan fingerprint density at radius 3 is 2.79 bits per heavy atom. The zero-order chi connectivity index (χ0) is 16.9. The lowest BCUT2D eigenvalue weighted by Crippen LogP contribution is -2.11. The molecule has 0 saturated carbocycles. The number of halogens is 1. The second-order valence-corrected chi connectivity index (χ2v) is 6.04. The van der Waals surface area contributed by atoms with Gasteiger partial charge in [0.2, 0.25) is 0 Å². The van der Waals surface area contributed by atoms with E-state index in [0.29, 0.717) is 11.1 Å². The molecule has 1 aliphatic rings. The fraction of sp³-hybridized carbons (Fsp3) is 0.300. The van der Waals surface area contributed by atoms with E-state index < -0.39 is 0 Å². The molecule has 0 spiro atoms. The average Bonchev–Trinajstić information content (AvgIpc) is 2.59. The van der Waals surface area contributed by atoms with Crippen LogP contribution in [0.25, 0.3) is 0 Å². The summed E-state index contributed by atoms with van der Waals surface area (Å²) in [7, 11) is 0. The molecule has 0 fully saturated rings. The molecule has 2 aromatic carbocycles. The topological polar surface area (TPSA) is 43.4 Å². The first-order valence-electron chi connectivity index (χ1n) is 8.17. The fourth-order valence-electron chi connectivity index (χ4n) is 2.89. The van der Waals surface area contributed by atoms with E-state index in [1.807, 2.05) is 12.1 Å². The van der Waals surface area contributed by atoms with Gasteiger partial charge in [-0.2, -0.15) is 0 Å². The van der Waals surface area contributed by atoms with Crippen molar-refractivity contribution >= 4 is 11.6 Å². The number of hydrogen-bond acceptors (Lipinski definition) is 3. The number of hydrogen-bond donors (Lipinski definition) is 0. The highest BCUT2D eigenvalue weighted by molar-refractivity contribution is 5.98. The quantitative estimate of drug-likeness (QED) is 0.756. The molecule has 1 heterocycles. The molecule has 0 radical (unpaired) electrons. The number of ether oxygens (including phenoxy) is 1. The van der Waals surface area contributed by atoms with Gasteiger partial charge < -0.3 is 4.74 Å². The van der Waals surface area contributed by atoms with Gasteiger partial charge in [0.15, 0.2) is 5.78 Å². The molecular formula is C20H19FO3. The monoisotopic (exact) mass is 326 g/mol. The summed E-state index contributed by atoms with van der Waals surface area (Å²) in [6.07, 6.45) is 2.37. The number of carbonyl (C=O) groups excluding carboxylic acids is 2. The van der Waals surface area contributed by atoms with Crippen molar-refractivity contribution < 1.29 is 18.7 Å². The molecular weight excluding hydrogens is 307 g/mol. The molecule has 4 heteroatoms. The van der Waals surface area contributed by atoms with Crippen molar-refractivity contribution in [1.29, 1.82) is 0 Å². The van der Waals surface area contributed by atoms with Crippen LogP contribution in [0, 0.1) is 5.82 Å². The van der Waals surface area contributed by atoms with Gasteiger partial charge in [0.1, 0.15) is 17.3 Å². The van der Waals surface area contributed by atoms with E-state index in [9.17, 15) is 14.0 Å². The SMILES string of the molecule is O=C(CCC(=O)c1ccc2c(c1)CCCO2)Cc1cccc(F)c1. The Labute approximate surface area is 140 Å². The molecule has 0 amide bonds. The lowest BCUT2D eigenvalue weighted by atomic mass is 9.98. The number of ketones is 2. The summed E-state index contributed by atoms with van der Waals surface area (Å²) < 4.78 is 18.7. The Morgan fingerprint density at radius 1 is 1.08 bits per heavy atom. The molecule has 0 saturated heterocycles. The van der Waals surface area contributed by atoms with Gasteiger partial charge >= 0.3 is 0 Å². The zero-order valence-corrected chi connectivity index (χ0v) is 13.4. The lowest BCUT2D eigenvalue weighted by Gasteiger charge is -2.17. The summed E-state index contributed by atoms with van der Waals surface area (Å²) >= 11 is 0. The first kappa shape index (κ1) is 16.4. The Morgan fingerprint density at radius 2 is 1.96 bits per heavy atom. The van der Waals surface area contributed by atoms with Crippen LogP contribution in [0.15, 0.2) is 42.5 Å². The van der Waals surface area contributed by atoms with Gasteiger partial charge in [-0.1, -0.05) is 12.1 Å². The maximum absolute atomic E-state index is 13.1. The predicted molar refractivity (Wildman–Crippen MR) is 88.9 cm³/mol. The van der Waals surface area contributed by atoms with Crippen molar-refractivity contribution in [2.24, 2.45) is 0 Å². The molecule has 0 N–H and O–H groups in total. The maximum atomic E-state index is 13.1. The summed E-state index contributed by atoms with van der Waals surface area (Å²) in [4.78, 5) is 24.3. The molecule has 0 aliphatic carbocycles. The Kier molecular flexibility index (Phi) is 5.04. The molecule has 0 aromatic heterocycles. The van der Waals surface area contributed by atoms with E-state index in [4.69, 9.17) is 4.74 Å². The van der Waals surface area contributed by atoms with Crippen molar-refractivity contribution in [3.05, 3.63) is 65.0 Å². The second kappa shape index (κ2) is 7.39. The van der Waals surface area contributed by atoms with Crippen molar-refractivity contribution in [1.82, 2.24) is 0 Å². The fourth-order valence-corrected chi connectivity index (χ4v) is 2.89. The van der Waals surface area contributed by atoms with Crippen LogP contribution in [0.3, 0.4) is 0 Å². The molecule has 0 atom stereocenters. The standard InChI is InChI=1S/C20H19FO3/c21-17-5-1-3-14(11-17)12-18(22)7-8-19(23)15-6-9-20-16(13-15)4-2-10-24-20/h1,3,5-6,9,11,13H,2,4,7-8,10,12H2. The third kappa shape index (κ3) is 4.07. The van der Waals surface area contributed by atoms with Crippen LogP contribution >= 0.6 is 0 Å².